The number of unbranched alkanes of at least 4 members (excludes halogenated alkanes) is 3. The third-order valence-corrected chi connectivity index (χ3v) is 10.9. The molecule has 3 amide bonds. The lowest BCUT2D eigenvalue weighted by atomic mass is 9.86. The Morgan fingerprint density at radius 1 is 1.17 bits per heavy atom. The number of nitrogens with one attached hydrogen (secondary N) is 2. The smallest absolute Gasteiger partial charge is 0.327 e. The lowest BCUT2D eigenvalue weighted by molar-refractivity contribution is -0.153. The summed E-state index contributed by atoms with van der Waals surface area (Å²) >= 11 is 0. The van der Waals surface area contributed by atoms with Crippen molar-refractivity contribution in [2.24, 2.45) is 11.3 Å². The molecule has 0 spiro atoms. The average molecular weight is 664 g/mol. The van der Waals surface area contributed by atoms with Gasteiger partial charge in [-0.25, -0.2) is 18.0 Å². The summed E-state index contributed by atoms with van der Waals surface area (Å²) in [6, 6.07) is 3.96. The zero-order valence-electron chi connectivity index (χ0n) is 28.1. The molecule has 2 aliphatic heterocycles. The Bertz CT molecular complexity index is 1350. The topological polar surface area (TPSA) is 160 Å². The Labute approximate surface area is 274 Å². The maximum absolute atomic E-state index is 13.6. The van der Waals surface area contributed by atoms with Crippen molar-refractivity contribution in [3.05, 3.63) is 42.0 Å². The molecular formula is C33H53N5O7S. The van der Waals surface area contributed by atoms with E-state index in [1.54, 1.807) is 36.1 Å². The highest BCUT2D eigenvalue weighted by Gasteiger charge is 2.41. The van der Waals surface area contributed by atoms with Crippen LogP contribution in [0.1, 0.15) is 78.7 Å². The molecule has 0 radical (unpaired) electrons. The minimum atomic E-state index is -3.68. The predicted octanol–water partition coefficient (Wildman–Crippen LogP) is 3.37. The number of carboxylic acid groups (broad SMARTS) is 1. The number of aliphatic hydroxyl groups excluding tert-OH is 1. The normalized spacial score (nSPS) is 21.0. The number of benzene rings is 1. The summed E-state index contributed by atoms with van der Waals surface area (Å²) in [6.45, 7) is 10.2. The number of likely N-dealkylation sites (tertiary alicyclic amines) is 1. The minimum Gasteiger partial charge on any atom is -0.480 e. The molecular weight excluding hydrogens is 610 g/mol. The highest BCUT2D eigenvalue weighted by Crippen LogP contribution is 2.32. The van der Waals surface area contributed by atoms with Gasteiger partial charge < -0.3 is 25.7 Å². The minimum absolute atomic E-state index is 0.0720. The molecule has 2 heterocycles. The number of nitrogens with zero attached hydrogens (tertiary/aromatic N) is 3. The first-order valence-electron chi connectivity index (χ1n) is 16.3. The third-order valence-electron chi connectivity index (χ3n) is 9.01. The maximum Gasteiger partial charge on any atom is 0.327 e. The van der Waals surface area contributed by atoms with Crippen molar-refractivity contribution in [2.45, 2.75) is 109 Å². The van der Waals surface area contributed by atoms with E-state index in [0.717, 1.165) is 25.7 Å². The number of amides is 3. The number of carbonyl (C=O) groups is 3. The number of hydrogen-bond donors (Lipinski definition) is 4. The van der Waals surface area contributed by atoms with Gasteiger partial charge in [-0.05, 0) is 42.7 Å². The van der Waals surface area contributed by atoms with E-state index < -0.39 is 57.7 Å². The molecule has 4 N–H and O–H groups in total. The van der Waals surface area contributed by atoms with Crippen LogP contribution in [0.25, 0.3) is 0 Å². The number of hydrogen-bond acceptors (Lipinski definition) is 7. The molecule has 3 unspecified atom stereocenters. The van der Waals surface area contributed by atoms with Crippen LogP contribution < -0.4 is 10.6 Å². The van der Waals surface area contributed by atoms with Gasteiger partial charge in [0.15, 0.2) is 0 Å². The highest BCUT2D eigenvalue weighted by atomic mass is 32.2. The van der Waals surface area contributed by atoms with Crippen molar-refractivity contribution in [3.8, 4) is 0 Å². The van der Waals surface area contributed by atoms with Crippen LogP contribution in [0.4, 0.5) is 4.79 Å². The molecule has 3 rings (SSSR count). The van der Waals surface area contributed by atoms with Gasteiger partial charge in [-0.3, -0.25) is 9.69 Å². The number of carbonyl (C=O) groups excluding carboxylic acids is 2. The van der Waals surface area contributed by atoms with Crippen LogP contribution in [0.2, 0.25) is 0 Å². The fraction of sp³-hybridized carbons (Fsp3) is 0.667. The summed E-state index contributed by atoms with van der Waals surface area (Å²) < 4.78 is 27.6. The number of aliphatic hydroxyl groups is 1. The van der Waals surface area contributed by atoms with Gasteiger partial charge in [0.1, 0.15) is 12.3 Å². The fourth-order valence-corrected chi connectivity index (χ4v) is 7.81. The van der Waals surface area contributed by atoms with Crippen molar-refractivity contribution in [2.75, 3.05) is 26.7 Å². The fourth-order valence-electron chi connectivity index (χ4n) is 6.17. The number of sulfonamides is 1. The Kier molecular flexibility index (Phi) is 13.2. The molecule has 0 aromatic heterocycles. The van der Waals surface area contributed by atoms with Gasteiger partial charge in [-0.15, -0.1) is 0 Å². The number of allylic oxidation sites excluding steroid dienone is 1. The quantitative estimate of drug-likeness (QED) is 0.164. The van der Waals surface area contributed by atoms with Gasteiger partial charge in [0.2, 0.25) is 15.9 Å². The molecule has 12 nitrogen and oxygen atoms in total. The summed E-state index contributed by atoms with van der Waals surface area (Å²) in [5.41, 5.74) is 0.228. The first-order valence-corrected chi connectivity index (χ1v) is 17.8. The molecule has 46 heavy (non-hydrogen) atoms. The van der Waals surface area contributed by atoms with Gasteiger partial charge in [0, 0.05) is 38.6 Å². The second-order valence-corrected chi connectivity index (χ2v) is 15.5. The van der Waals surface area contributed by atoms with E-state index in [1.165, 1.54) is 16.3 Å². The van der Waals surface area contributed by atoms with Crippen LogP contribution in [0.15, 0.2) is 41.3 Å². The Hall–Kier alpha value is -3.00. The van der Waals surface area contributed by atoms with Crippen LogP contribution in [0.3, 0.4) is 0 Å². The van der Waals surface area contributed by atoms with Crippen LogP contribution in [-0.2, 0) is 26.2 Å². The maximum atomic E-state index is 13.6. The molecule has 0 aliphatic carbocycles. The van der Waals surface area contributed by atoms with E-state index in [4.69, 9.17) is 0 Å². The number of urea groups is 1. The standard InChI is InChI=1S/C33H53N5O7S/c1-7-8-9-10-11-15-23(2)29(31(41)42)36(6)30(40)25-17-14-19-38(25)28(39)20-34-32(43)35-27(33(3,4)5)22-37-21-24-16-12-13-18-26(24)46(37,44)45/h11-13,15-16,18,23,25,27-29,39H,7-10,14,17,19-22H2,1-6H3,(H,41,42)(H2,34,35,43)/b15-11-/t23?,25-,27?,28?,29+/m0/s1. The first kappa shape index (κ1) is 37.5. The monoisotopic (exact) mass is 663 g/mol. The second kappa shape index (κ2) is 16.2. The molecule has 1 fully saturated rings. The van der Waals surface area contributed by atoms with Gasteiger partial charge in [0.05, 0.1) is 17.5 Å². The lowest BCUT2D eigenvalue weighted by Crippen LogP contribution is -2.57. The van der Waals surface area contributed by atoms with Crippen molar-refractivity contribution >= 4 is 27.9 Å². The molecule has 13 heteroatoms. The summed E-state index contributed by atoms with van der Waals surface area (Å²) in [5, 5.41) is 26.6. The second-order valence-electron chi connectivity index (χ2n) is 13.6. The number of rotatable bonds is 15. The van der Waals surface area contributed by atoms with Crippen LogP contribution >= 0.6 is 0 Å². The number of carboxylic acids is 1. The average Bonchev–Trinajstić information content (AvgIpc) is 3.57. The zero-order chi connectivity index (χ0) is 34.2. The Morgan fingerprint density at radius 2 is 1.87 bits per heavy atom. The van der Waals surface area contributed by atoms with Crippen molar-refractivity contribution in [1.82, 2.24) is 24.7 Å². The predicted molar refractivity (Wildman–Crippen MR) is 176 cm³/mol. The molecule has 1 aromatic carbocycles. The molecule has 1 aromatic rings. The van der Waals surface area contributed by atoms with E-state index in [-0.39, 0.29) is 30.4 Å². The number of likely N-dealkylation sites (N-methyl/N-ethyl adjacent to an activating group) is 1. The highest BCUT2D eigenvalue weighted by molar-refractivity contribution is 7.89. The van der Waals surface area contributed by atoms with Gasteiger partial charge in [0.25, 0.3) is 0 Å². The first-order chi connectivity index (χ1) is 21.6. The molecule has 5 atom stereocenters. The third kappa shape index (κ3) is 9.30. The van der Waals surface area contributed by atoms with E-state index in [2.05, 4.69) is 17.6 Å². The van der Waals surface area contributed by atoms with E-state index >= 15 is 0 Å². The van der Waals surface area contributed by atoms with Gasteiger partial charge >= 0.3 is 12.0 Å². The summed E-state index contributed by atoms with van der Waals surface area (Å²) in [5.74, 6) is -1.89. The Balaban J connectivity index is 1.59. The van der Waals surface area contributed by atoms with Crippen LogP contribution in [0.5, 0.6) is 0 Å². The number of aliphatic carboxylic acids is 1. The van der Waals surface area contributed by atoms with Crippen molar-refractivity contribution in [3.63, 3.8) is 0 Å². The SMILES string of the molecule is CCCCC/C=C\C(C)[C@H](C(=O)O)N(C)C(=O)[C@@H]1CCCN1C(O)CNC(=O)NC(CN1Cc2ccccc2S1(=O)=O)C(C)(C)C. The van der Waals surface area contributed by atoms with Crippen molar-refractivity contribution in [1.29, 1.82) is 0 Å². The summed E-state index contributed by atoms with van der Waals surface area (Å²) in [4.78, 5) is 41.9. The zero-order valence-corrected chi connectivity index (χ0v) is 28.9. The summed E-state index contributed by atoms with van der Waals surface area (Å²) in [6.07, 6.45) is 7.82. The molecule has 2 aliphatic rings. The van der Waals surface area contributed by atoms with E-state index in [1.807, 2.05) is 32.9 Å². The lowest BCUT2D eigenvalue weighted by Gasteiger charge is -2.35. The van der Waals surface area contributed by atoms with Crippen LogP contribution in [0, 0.1) is 11.3 Å². The van der Waals surface area contributed by atoms with E-state index in [9.17, 15) is 33.0 Å². The molecule has 258 valence electrons. The molecule has 0 saturated carbocycles. The molecule has 1 saturated heterocycles. The molecule has 0 bridgehead atoms. The number of fused-ring (bicyclic) bond motifs is 1. The Morgan fingerprint density at radius 3 is 2.50 bits per heavy atom. The van der Waals surface area contributed by atoms with Crippen LogP contribution in [-0.4, -0.2) is 102 Å². The largest absolute Gasteiger partial charge is 0.480 e. The van der Waals surface area contributed by atoms with Crippen molar-refractivity contribution < 1.29 is 33.0 Å². The summed E-state index contributed by atoms with van der Waals surface area (Å²) in [7, 11) is -2.19. The van der Waals surface area contributed by atoms with E-state index in [0.29, 0.717) is 24.9 Å². The van der Waals surface area contributed by atoms with Gasteiger partial charge in [-0.1, -0.05) is 77.8 Å². The van der Waals surface area contributed by atoms with Gasteiger partial charge in [-0.2, -0.15) is 4.31 Å².